The first-order valence-corrected chi connectivity index (χ1v) is 6.24. The van der Waals surface area contributed by atoms with Crippen LogP contribution in [0.1, 0.15) is 31.1 Å². The lowest BCUT2D eigenvalue weighted by atomic mass is 10.1. The van der Waals surface area contributed by atoms with E-state index in [1.807, 2.05) is 12.1 Å². The second-order valence-corrected chi connectivity index (χ2v) is 5.02. The summed E-state index contributed by atoms with van der Waals surface area (Å²) in [5, 5.41) is 14.3. The largest absolute Gasteiger partial charge is 0.508 e. The predicted molar refractivity (Wildman–Crippen MR) is 69.4 cm³/mol. The lowest BCUT2D eigenvalue weighted by Crippen LogP contribution is -2.25. The number of nitrogens with one attached hydrogen (secondary N) is 1. The molecule has 0 bridgehead atoms. The molecule has 0 aliphatic carbocycles. The molecule has 1 aromatic carbocycles. The van der Waals surface area contributed by atoms with Gasteiger partial charge >= 0.3 is 0 Å². The van der Waals surface area contributed by atoms with Crippen LogP contribution in [-0.2, 0) is 13.0 Å². The molecule has 3 nitrogen and oxygen atoms in total. The molecule has 17 heavy (non-hydrogen) atoms. The van der Waals surface area contributed by atoms with Crippen LogP contribution in [0, 0.1) is 0 Å². The Morgan fingerprint density at radius 1 is 1.35 bits per heavy atom. The fourth-order valence-electron chi connectivity index (χ4n) is 2.90. The lowest BCUT2D eigenvalue weighted by Gasteiger charge is -2.19. The first kappa shape index (κ1) is 10.7. The van der Waals surface area contributed by atoms with Crippen LogP contribution in [0.15, 0.2) is 18.2 Å². The van der Waals surface area contributed by atoms with E-state index in [9.17, 15) is 5.11 Å². The number of aromatic nitrogens is 1. The van der Waals surface area contributed by atoms with E-state index in [2.05, 4.69) is 23.7 Å². The zero-order valence-corrected chi connectivity index (χ0v) is 10.3. The topological polar surface area (TPSA) is 37.2 Å². The molecule has 1 aromatic heterocycles. The first-order chi connectivity index (χ1) is 8.18. The van der Waals surface area contributed by atoms with Crippen molar-refractivity contribution in [2.24, 2.45) is 0 Å². The fourth-order valence-corrected chi connectivity index (χ4v) is 2.90. The molecule has 0 radical (unpaired) electrons. The monoisotopic (exact) mass is 230 g/mol. The van der Waals surface area contributed by atoms with Gasteiger partial charge in [0, 0.05) is 42.1 Å². The zero-order chi connectivity index (χ0) is 12.0. The van der Waals surface area contributed by atoms with E-state index in [-0.39, 0.29) is 0 Å². The van der Waals surface area contributed by atoms with Gasteiger partial charge in [-0.05, 0) is 37.6 Å². The third-order valence-corrected chi connectivity index (χ3v) is 3.56. The molecule has 2 heterocycles. The molecule has 3 rings (SSSR count). The highest BCUT2D eigenvalue weighted by atomic mass is 16.3. The predicted octanol–water partition coefficient (Wildman–Crippen LogP) is 2.57. The summed E-state index contributed by atoms with van der Waals surface area (Å²) in [6, 6.07) is 6.16. The van der Waals surface area contributed by atoms with Crippen molar-refractivity contribution in [3.05, 3.63) is 29.5 Å². The van der Waals surface area contributed by atoms with Crippen molar-refractivity contribution >= 4 is 10.9 Å². The van der Waals surface area contributed by atoms with Gasteiger partial charge in [-0.1, -0.05) is 0 Å². The standard InChI is InChI=1S/C14H18N2O/c1-9(2)16-13-4-3-10(17)7-11(13)12-8-15-6-5-14(12)16/h3-4,7,9,15,17H,5-6,8H2,1-2H3. The molecule has 0 fully saturated rings. The van der Waals surface area contributed by atoms with Crippen molar-refractivity contribution in [3.63, 3.8) is 0 Å². The average Bonchev–Trinajstić information content (AvgIpc) is 2.63. The highest BCUT2D eigenvalue weighted by Crippen LogP contribution is 2.33. The number of hydrogen-bond donors (Lipinski definition) is 2. The summed E-state index contributed by atoms with van der Waals surface area (Å²) in [5.74, 6) is 0.353. The van der Waals surface area contributed by atoms with Gasteiger partial charge < -0.3 is 15.0 Å². The molecule has 0 saturated heterocycles. The minimum Gasteiger partial charge on any atom is -0.508 e. The van der Waals surface area contributed by atoms with Crippen LogP contribution < -0.4 is 5.32 Å². The van der Waals surface area contributed by atoms with E-state index in [1.165, 1.54) is 22.2 Å². The highest BCUT2D eigenvalue weighted by molar-refractivity contribution is 5.87. The van der Waals surface area contributed by atoms with Gasteiger partial charge in [-0.3, -0.25) is 0 Å². The van der Waals surface area contributed by atoms with Crippen molar-refractivity contribution in [1.82, 2.24) is 9.88 Å². The normalized spacial score (nSPS) is 15.5. The van der Waals surface area contributed by atoms with E-state index in [0.29, 0.717) is 11.8 Å². The van der Waals surface area contributed by atoms with Crippen LogP contribution in [0.4, 0.5) is 0 Å². The first-order valence-electron chi connectivity index (χ1n) is 6.24. The average molecular weight is 230 g/mol. The Bertz CT molecular complexity index is 569. The third kappa shape index (κ3) is 1.53. The summed E-state index contributed by atoms with van der Waals surface area (Å²) in [7, 11) is 0. The summed E-state index contributed by atoms with van der Waals surface area (Å²) >= 11 is 0. The Morgan fingerprint density at radius 2 is 2.18 bits per heavy atom. The molecular weight excluding hydrogens is 212 g/mol. The van der Waals surface area contributed by atoms with Crippen molar-refractivity contribution in [2.75, 3.05) is 6.54 Å². The maximum atomic E-state index is 9.65. The summed E-state index contributed by atoms with van der Waals surface area (Å²) in [6.45, 7) is 6.39. The quantitative estimate of drug-likeness (QED) is 0.790. The number of phenolic OH excluding ortho intramolecular Hbond substituents is 1. The summed E-state index contributed by atoms with van der Waals surface area (Å²) in [5.41, 5.74) is 4.03. The second kappa shape index (κ2) is 3.77. The Balaban J connectivity index is 2.37. The van der Waals surface area contributed by atoms with Gasteiger partial charge in [-0.15, -0.1) is 0 Å². The summed E-state index contributed by atoms with van der Waals surface area (Å²) in [6.07, 6.45) is 1.07. The molecular formula is C14H18N2O. The Morgan fingerprint density at radius 3 is 2.94 bits per heavy atom. The van der Waals surface area contributed by atoms with Gasteiger partial charge in [-0.25, -0.2) is 0 Å². The molecule has 0 amide bonds. The van der Waals surface area contributed by atoms with Crippen molar-refractivity contribution in [3.8, 4) is 5.75 Å². The molecule has 0 spiro atoms. The van der Waals surface area contributed by atoms with E-state index in [4.69, 9.17) is 0 Å². The molecule has 0 atom stereocenters. The van der Waals surface area contributed by atoms with Gasteiger partial charge in [-0.2, -0.15) is 0 Å². The van der Waals surface area contributed by atoms with Crippen molar-refractivity contribution in [2.45, 2.75) is 32.9 Å². The Kier molecular flexibility index (Phi) is 2.37. The number of fused-ring (bicyclic) bond motifs is 3. The number of nitrogens with zero attached hydrogens (tertiary/aromatic N) is 1. The Labute approximate surface area is 101 Å². The van der Waals surface area contributed by atoms with E-state index in [0.717, 1.165) is 19.5 Å². The zero-order valence-electron chi connectivity index (χ0n) is 10.3. The lowest BCUT2D eigenvalue weighted by molar-refractivity contribution is 0.476. The van der Waals surface area contributed by atoms with Gasteiger partial charge in [0.1, 0.15) is 5.75 Å². The molecule has 2 aromatic rings. The number of aromatic hydroxyl groups is 1. The number of rotatable bonds is 1. The SMILES string of the molecule is CC(C)n1c2c(c3cc(O)ccc31)CNCC2. The molecule has 1 aliphatic rings. The van der Waals surface area contributed by atoms with Crippen molar-refractivity contribution in [1.29, 1.82) is 0 Å². The molecule has 0 unspecified atom stereocenters. The van der Waals surface area contributed by atoms with Crippen LogP contribution in [0.5, 0.6) is 5.75 Å². The maximum absolute atomic E-state index is 9.65. The fraction of sp³-hybridized carbons (Fsp3) is 0.429. The number of hydrogen-bond acceptors (Lipinski definition) is 2. The van der Waals surface area contributed by atoms with Crippen LogP contribution in [-0.4, -0.2) is 16.2 Å². The molecule has 0 saturated carbocycles. The van der Waals surface area contributed by atoms with Gasteiger partial charge in [0.25, 0.3) is 0 Å². The van der Waals surface area contributed by atoms with Gasteiger partial charge in [0.2, 0.25) is 0 Å². The van der Waals surface area contributed by atoms with Crippen molar-refractivity contribution < 1.29 is 5.11 Å². The number of benzene rings is 1. The third-order valence-electron chi connectivity index (χ3n) is 3.56. The van der Waals surface area contributed by atoms with Gasteiger partial charge in [0.05, 0.1) is 0 Å². The van der Waals surface area contributed by atoms with E-state index < -0.39 is 0 Å². The Hall–Kier alpha value is -1.48. The van der Waals surface area contributed by atoms with E-state index in [1.54, 1.807) is 6.07 Å². The highest BCUT2D eigenvalue weighted by Gasteiger charge is 2.20. The summed E-state index contributed by atoms with van der Waals surface area (Å²) < 4.78 is 2.41. The molecule has 3 heteroatoms. The maximum Gasteiger partial charge on any atom is 0.116 e. The van der Waals surface area contributed by atoms with Gasteiger partial charge in [0.15, 0.2) is 0 Å². The summed E-state index contributed by atoms with van der Waals surface area (Å²) in [4.78, 5) is 0. The molecule has 1 aliphatic heterocycles. The van der Waals surface area contributed by atoms with Crippen LogP contribution in [0.25, 0.3) is 10.9 Å². The van der Waals surface area contributed by atoms with Crippen LogP contribution in [0.3, 0.4) is 0 Å². The molecule has 90 valence electrons. The molecule has 2 N–H and O–H groups in total. The minimum absolute atomic E-state index is 0.353. The minimum atomic E-state index is 0.353. The number of phenols is 1. The van der Waals surface area contributed by atoms with Crippen LogP contribution in [0.2, 0.25) is 0 Å². The van der Waals surface area contributed by atoms with Crippen LogP contribution >= 0.6 is 0 Å². The second-order valence-electron chi connectivity index (χ2n) is 5.02. The van der Waals surface area contributed by atoms with E-state index >= 15 is 0 Å². The smallest absolute Gasteiger partial charge is 0.116 e.